The molecule has 0 aromatic heterocycles. The van der Waals surface area contributed by atoms with Crippen molar-refractivity contribution in [1.29, 1.82) is 0 Å². The predicted molar refractivity (Wildman–Crippen MR) is 93.4 cm³/mol. The Balaban J connectivity index is 2.31. The van der Waals surface area contributed by atoms with Crippen LogP contribution in [-0.2, 0) is 15.1 Å². The van der Waals surface area contributed by atoms with Gasteiger partial charge in [0.05, 0.1) is 13.2 Å². The molecule has 0 unspecified atom stereocenters. The Morgan fingerprint density at radius 2 is 2.00 bits per heavy atom. The second-order valence-electron chi connectivity index (χ2n) is 6.34. The molecule has 1 saturated carbocycles. The number of benzene rings is 1. The lowest BCUT2D eigenvalue weighted by molar-refractivity contribution is -0.133. The van der Waals surface area contributed by atoms with E-state index in [9.17, 15) is 9.59 Å². The third-order valence-electron chi connectivity index (χ3n) is 4.78. The molecule has 1 aromatic rings. The number of halogens is 1. The van der Waals surface area contributed by atoms with Crippen molar-refractivity contribution in [2.24, 2.45) is 5.92 Å². The summed E-state index contributed by atoms with van der Waals surface area (Å²) in [6.45, 7) is -0.701. The second-order valence-corrected chi connectivity index (χ2v) is 6.74. The Kier molecular flexibility index (Phi) is 6.81. The highest BCUT2D eigenvalue weighted by molar-refractivity contribution is 6.31. The molecule has 0 spiro atoms. The lowest BCUT2D eigenvalue weighted by atomic mass is 9.74. The van der Waals surface area contributed by atoms with Crippen molar-refractivity contribution in [1.82, 2.24) is 4.90 Å². The largest absolute Gasteiger partial charge is 0.449 e. The van der Waals surface area contributed by atoms with E-state index in [0.717, 1.165) is 12.8 Å². The standard InChI is InChI=1S/C18H24ClNO5/c1-20(17(24)25-12-13(10-21)11-22)18(9-5-4-8-16(18)23)14-6-2-3-7-15(14)19/h2-3,6-7,13,21-22H,4-5,8-12H2,1H3/t18-/m0/s1. The average molecular weight is 370 g/mol. The van der Waals surface area contributed by atoms with Crippen LogP contribution in [0, 0.1) is 5.92 Å². The van der Waals surface area contributed by atoms with Gasteiger partial charge in [-0.15, -0.1) is 0 Å². The average Bonchev–Trinajstić information content (AvgIpc) is 2.63. The van der Waals surface area contributed by atoms with Crippen molar-refractivity contribution in [3.63, 3.8) is 0 Å². The van der Waals surface area contributed by atoms with Crippen LogP contribution in [0.2, 0.25) is 5.02 Å². The van der Waals surface area contributed by atoms with E-state index in [4.69, 9.17) is 26.6 Å². The van der Waals surface area contributed by atoms with Gasteiger partial charge in [-0.2, -0.15) is 0 Å². The number of aliphatic hydroxyl groups excluding tert-OH is 2. The minimum Gasteiger partial charge on any atom is -0.449 e. The fraction of sp³-hybridized carbons (Fsp3) is 0.556. The number of carbonyl (C=O) groups excluding carboxylic acids is 2. The maximum absolute atomic E-state index is 12.9. The normalized spacial score (nSPS) is 20.6. The minimum atomic E-state index is -1.15. The monoisotopic (exact) mass is 369 g/mol. The number of ether oxygens (including phenoxy) is 1. The van der Waals surface area contributed by atoms with Crippen LogP contribution in [0.25, 0.3) is 0 Å². The number of nitrogens with zero attached hydrogens (tertiary/aromatic N) is 1. The molecule has 1 aromatic carbocycles. The Labute approximate surface area is 152 Å². The predicted octanol–water partition coefficient (Wildman–Crippen LogP) is 2.35. The summed E-state index contributed by atoms with van der Waals surface area (Å²) >= 11 is 6.34. The molecule has 138 valence electrons. The first-order valence-corrected chi connectivity index (χ1v) is 8.75. The SMILES string of the molecule is CN(C(=O)OCC(CO)CO)[C@]1(c2ccccc2Cl)CCCCC1=O. The van der Waals surface area contributed by atoms with Crippen LogP contribution < -0.4 is 0 Å². The summed E-state index contributed by atoms with van der Waals surface area (Å²) < 4.78 is 5.21. The molecule has 0 saturated heterocycles. The Hall–Kier alpha value is -1.63. The third-order valence-corrected chi connectivity index (χ3v) is 5.11. The molecule has 1 aliphatic rings. The van der Waals surface area contributed by atoms with Gasteiger partial charge in [0.25, 0.3) is 0 Å². The number of hydrogen-bond acceptors (Lipinski definition) is 5. The van der Waals surface area contributed by atoms with E-state index in [1.165, 1.54) is 11.9 Å². The number of hydrogen-bond donors (Lipinski definition) is 2. The Morgan fingerprint density at radius 1 is 1.32 bits per heavy atom. The summed E-state index contributed by atoms with van der Waals surface area (Å²) in [5, 5.41) is 18.6. The number of Topliss-reactive ketones (excluding diaryl/α,β-unsaturated/α-hetero) is 1. The summed E-state index contributed by atoms with van der Waals surface area (Å²) in [7, 11) is 1.53. The highest BCUT2D eigenvalue weighted by Gasteiger charge is 2.48. The number of amides is 1. The van der Waals surface area contributed by atoms with Crippen LogP contribution in [0.4, 0.5) is 4.79 Å². The molecule has 0 bridgehead atoms. The van der Waals surface area contributed by atoms with Crippen LogP contribution >= 0.6 is 11.6 Å². The molecule has 1 amide bonds. The molecule has 2 rings (SSSR count). The van der Waals surface area contributed by atoms with Gasteiger partial charge in [0.2, 0.25) is 0 Å². The quantitative estimate of drug-likeness (QED) is 0.803. The molecular weight excluding hydrogens is 346 g/mol. The molecule has 25 heavy (non-hydrogen) atoms. The zero-order valence-electron chi connectivity index (χ0n) is 14.3. The molecule has 1 atom stereocenters. The summed E-state index contributed by atoms with van der Waals surface area (Å²) in [5.41, 5.74) is -0.552. The molecule has 1 aliphatic carbocycles. The van der Waals surface area contributed by atoms with Crippen LogP contribution in [0.1, 0.15) is 31.2 Å². The fourth-order valence-electron chi connectivity index (χ4n) is 3.23. The molecule has 1 fully saturated rings. The van der Waals surface area contributed by atoms with Gasteiger partial charge >= 0.3 is 6.09 Å². The van der Waals surface area contributed by atoms with E-state index in [1.807, 2.05) is 0 Å². The third kappa shape index (κ3) is 3.97. The number of likely N-dealkylation sites (N-methyl/N-ethyl adjacent to an activating group) is 1. The Bertz CT molecular complexity index is 619. The molecule has 0 heterocycles. The minimum absolute atomic E-state index is 0.0628. The number of aliphatic hydroxyl groups is 2. The van der Waals surface area contributed by atoms with Gasteiger partial charge in [-0.1, -0.05) is 29.8 Å². The van der Waals surface area contributed by atoms with Gasteiger partial charge < -0.3 is 14.9 Å². The van der Waals surface area contributed by atoms with Gasteiger partial charge in [0, 0.05) is 30.0 Å². The zero-order valence-corrected chi connectivity index (χ0v) is 15.0. The Morgan fingerprint density at radius 3 is 2.60 bits per heavy atom. The van der Waals surface area contributed by atoms with E-state index in [0.29, 0.717) is 23.4 Å². The van der Waals surface area contributed by atoms with Crippen LogP contribution in [0.15, 0.2) is 24.3 Å². The smallest absolute Gasteiger partial charge is 0.410 e. The molecule has 7 heteroatoms. The van der Waals surface area contributed by atoms with Crippen molar-refractivity contribution in [3.8, 4) is 0 Å². The van der Waals surface area contributed by atoms with Gasteiger partial charge in [0.1, 0.15) is 12.1 Å². The van der Waals surface area contributed by atoms with Crippen molar-refractivity contribution in [2.75, 3.05) is 26.9 Å². The molecule has 0 radical (unpaired) electrons. The first-order valence-electron chi connectivity index (χ1n) is 8.38. The van der Waals surface area contributed by atoms with E-state index < -0.39 is 17.6 Å². The lowest BCUT2D eigenvalue weighted by Crippen LogP contribution is -2.54. The second kappa shape index (κ2) is 8.65. The van der Waals surface area contributed by atoms with Gasteiger partial charge in [0.15, 0.2) is 5.78 Å². The maximum atomic E-state index is 12.9. The summed E-state index contributed by atoms with van der Waals surface area (Å²) in [5.74, 6) is -0.608. The number of carbonyl (C=O) groups is 2. The van der Waals surface area contributed by atoms with Crippen LogP contribution in [0.5, 0.6) is 0 Å². The summed E-state index contributed by atoms with van der Waals surface area (Å²) in [4.78, 5) is 26.7. The summed E-state index contributed by atoms with van der Waals surface area (Å²) in [6, 6.07) is 7.03. The fourth-order valence-corrected chi connectivity index (χ4v) is 3.53. The van der Waals surface area contributed by atoms with E-state index in [1.54, 1.807) is 24.3 Å². The first kappa shape index (κ1) is 19.7. The lowest BCUT2D eigenvalue weighted by Gasteiger charge is -2.43. The van der Waals surface area contributed by atoms with Crippen molar-refractivity contribution < 1.29 is 24.5 Å². The van der Waals surface area contributed by atoms with Gasteiger partial charge in [-0.05, 0) is 25.3 Å². The van der Waals surface area contributed by atoms with Crippen LogP contribution in [-0.4, -0.2) is 53.9 Å². The topological polar surface area (TPSA) is 87.1 Å². The van der Waals surface area contributed by atoms with Crippen LogP contribution in [0.3, 0.4) is 0 Å². The molecule has 6 nitrogen and oxygen atoms in total. The first-order chi connectivity index (χ1) is 12.0. The van der Waals surface area contributed by atoms with Crippen molar-refractivity contribution in [3.05, 3.63) is 34.9 Å². The highest BCUT2D eigenvalue weighted by atomic mass is 35.5. The number of rotatable bonds is 6. The van der Waals surface area contributed by atoms with E-state index in [2.05, 4.69) is 0 Å². The van der Waals surface area contributed by atoms with Crippen molar-refractivity contribution >= 4 is 23.5 Å². The zero-order chi connectivity index (χ0) is 18.4. The number of ketones is 1. The molecule has 2 N–H and O–H groups in total. The molecular formula is C18H24ClNO5. The van der Waals surface area contributed by atoms with E-state index >= 15 is 0 Å². The summed E-state index contributed by atoms with van der Waals surface area (Å²) in [6.07, 6.45) is 1.75. The van der Waals surface area contributed by atoms with Gasteiger partial charge in [-0.25, -0.2) is 4.79 Å². The highest BCUT2D eigenvalue weighted by Crippen LogP contribution is 2.42. The maximum Gasteiger partial charge on any atom is 0.410 e. The molecule has 0 aliphatic heterocycles. The van der Waals surface area contributed by atoms with Gasteiger partial charge in [-0.3, -0.25) is 9.69 Å². The van der Waals surface area contributed by atoms with Crippen molar-refractivity contribution in [2.45, 2.75) is 31.2 Å². The van der Waals surface area contributed by atoms with E-state index in [-0.39, 0.29) is 25.6 Å².